The highest BCUT2D eigenvalue weighted by atomic mass is 32.2. The lowest BCUT2D eigenvalue weighted by molar-refractivity contribution is 0.00856. The second-order valence-electron chi connectivity index (χ2n) is 4.70. The van der Waals surface area contributed by atoms with Crippen LogP contribution in [0.3, 0.4) is 0 Å². The van der Waals surface area contributed by atoms with Crippen molar-refractivity contribution in [2.45, 2.75) is 36.9 Å². The molecule has 7 nitrogen and oxygen atoms in total. The third kappa shape index (κ3) is 3.14. The van der Waals surface area contributed by atoms with Crippen LogP contribution in [0.15, 0.2) is 11.2 Å². The predicted octanol–water partition coefficient (Wildman–Crippen LogP) is 0.0580. The fourth-order valence-electron chi connectivity index (χ4n) is 2.16. The van der Waals surface area contributed by atoms with E-state index in [9.17, 15) is 8.42 Å². The first-order valence-electron chi connectivity index (χ1n) is 6.36. The van der Waals surface area contributed by atoms with Crippen LogP contribution in [-0.4, -0.2) is 49.2 Å². The van der Waals surface area contributed by atoms with Crippen LogP contribution in [0, 0.1) is 0 Å². The summed E-state index contributed by atoms with van der Waals surface area (Å²) in [5, 5.41) is 6.34. The number of rotatable bonds is 5. The molecule has 8 heteroatoms. The molecule has 3 N–H and O–H groups in total. The molecule has 0 spiro atoms. The van der Waals surface area contributed by atoms with E-state index in [2.05, 4.69) is 10.2 Å². The lowest BCUT2D eigenvalue weighted by Crippen LogP contribution is -2.37. The largest absolute Gasteiger partial charge is 0.377 e. The fourth-order valence-corrected chi connectivity index (χ4v) is 3.47. The van der Waals surface area contributed by atoms with Crippen molar-refractivity contribution in [3.63, 3.8) is 0 Å². The Hall–Kier alpha value is -0.960. The normalized spacial score (nSPS) is 20.9. The number of aromatic nitrogens is 2. The average Bonchev–Trinajstić information content (AvgIpc) is 2.88. The van der Waals surface area contributed by atoms with Crippen LogP contribution in [0.5, 0.6) is 0 Å². The second kappa shape index (κ2) is 6.00. The fraction of sp³-hybridized carbons (Fsp3) is 0.727. The molecule has 1 fully saturated rings. The van der Waals surface area contributed by atoms with E-state index in [1.165, 1.54) is 10.5 Å². The van der Waals surface area contributed by atoms with Gasteiger partial charge in [0.05, 0.1) is 12.3 Å². The third-order valence-corrected chi connectivity index (χ3v) is 5.14. The van der Waals surface area contributed by atoms with Crippen LogP contribution in [0.4, 0.5) is 0 Å². The first-order valence-corrected chi connectivity index (χ1v) is 7.80. The van der Waals surface area contributed by atoms with Gasteiger partial charge >= 0.3 is 0 Å². The number of ether oxygens (including phenoxy) is 1. The molecule has 0 bridgehead atoms. The van der Waals surface area contributed by atoms with E-state index >= 15 is 0 Å². The lowest BCUT2D eigenvalue weighted by Gasteiger charge is -2.26. The number of sulfonamides is 1. The van der Waals surface area contributed by atoms with Crippen LogP contribution < -0.4 is 5.73 Å². The molecule has 1 aliphatic rings. The SMILES string of the molecule is CN(CC1CCCCO1)S(=O)(=O)c1[nH]ncc1CN. The van der Waals surface area contributed by atoms with E-state index in [0.29, 0.717) is 18.7 Å². The van der Waals surface area contributed by atoms with Crippen LogP contribution >= 0.6 is 0 Å². The monoisotopic (exact) mass is 288 g/mol. The quantitative estimate of drug-likeness (QED) is 0.797. The number of nitrogens with two attached hydrogens (primary N) is 1. The topological polar surface area (TPSA) is 101 Å². The Balaban J connectivity index is 2.10. The van der Waals surface area contributed by atoms with E-state index in [1.54, 1.807) is 7.05 Å². The number of hydrogen-bond donors (Lipinski definition) is 2. The summed E-state index contributed by atoms with van der Waals surface area (Å²) in [6.07, 6.45) is 4.43. The zero-order valence-corrected chi connectivity index (χ0v) is 11.8. The van der Waals surface area contributed by atoms with Gasteiger partial charge in [-0.15, -0.1) is 0 Å². The zero-order valence-electron chi connectivity index (χ0n) is 11.0. The van der Waals surface area contributed by atoms with Gasteiger partial charge in [0.15, 0.2) is 5.03 Å². The Bertz CT molecular complexity index is 508. The lowest BCUT2D eigenvalue weighted by atomic mass is 10.1. The smallest absolute Gasteiger partial charge is 0.260 e. The van der Waals surface area contributed by atoms with E-state index < -0.39 is 10.0 Å². The number of nitrogens with one attached hydrogen (secondary N) is 1. The Morgan fingerprint density at radius 1 is 1.58 bits per heavy atom. The molecule has 1 saturated heterocycles. The summed E-state index contributed by atoms with van der Waals surface area (Å²) in [5.41, 5.74) is 6.01. The molecule has 0 amide bonds. The third-order valence-electron chi connectivity index (χ3n) is 3.30. The van der Waals surface area contributed by atoms with Crippen LogP contribution in [0.1, 0.15) is 24.8 Å². The maximum absolute atomic E-state index is 12.4. The summed E-state index contributed by atoms with van der Waals surface area (Å²) in [5.74, 6) is 0. The van der Waals surface area contributed by atoms with Crippen molar-refractivity contribution in [3.05, 3.63) is 11.8 Å². The van der Waals surface area contributed by atoms with E-state index in [-0.39, 0.29) is 17.7 Å². The zero-order chi connectivity index (χ0) is 13.9. The molecular formula is C11H20N4O3S. The summed E-state index contributed by atoms with van der Waals surface area (Å²) >= 11 is 0. The molecular weight excluding hydrogens is 268 g/mol. The summed E-state index contributed by atoms with van der Waals surface area (Å²) in [4.78, 5) is 0. The van der Waals surface area contributed by atoms with Gasteiger partial charge in [0.1, 0.15) is 0 Å². The van der Waals surface area contributed by atoms with Gasteiger partial charge in [0.25, 0.3) is 10.0 Å². The minimum atomic E-state index is -3.58. The van der Waals surface area contributed by atoms with E-state index in [1.807, 2.05) is 0 Å². The van der Waals surface area contributed by atoms with Gasteiger partial charge in [-0.1, -0.05) is 0 Å². The number of aromatic amines is 1. The molecule has 108 valence electrons. The molecule has 0 aromatic carbocycles. The molecule has 1 aromatic heterocycles. The molecule has 0 saturated carbocycles. The number of hydrogen-bond acceptors (Lipinski definition) is 5. The molecule has 0 radical (unpaired) electrons. The molecule has 0 aliphatic carbocycles. The summed E-state index contributed by atoms with van der Waals surface area (Å²) in [7, 11) is -2.03. The first-order chi connectivity index (χ1) is 9.05. The highest BCUT2D eigenvalue weighted by Crippen LogP contribution is 2.19. The predicted molar refractivity (Wildman–Crippen MR) is 69.9 cm³/mol. The van der Waals surface area contributed by atoms with Gasteiger partial charge in [0.2, 0.25) is 0 Å². The average molecular weight is 288 g/mol. The minimum absolute atomic E-state index is 0.0298. The van der Waals surface area contributed by atoms with Crippen molar-refractivity contribution >= 4 is 10.0 Å². The number of H-pyrrole nitrogens is 1. The van der Waals surface area contributed by atoms with E-state index in [0.717, 1.165) is 19.3 Å². The van der Waals surface area contributed by atoms with Gasteiger partial charge < -0.3 is 10.5 Å². The van der Waals surface area contributed by atoms with Crippen molar-refractivity contribution in [3.8, 4) is 0 Å². The summed E-state index contributed by atoms with van der Waals surface area (Å²) < 4.78 is 31.6. The van der Waals surface area contributed by atoms with Crippen molar-refractivity contribution < 1.29 is 13.2 Å². The molecule has 1 aliphatic heterocycles. The molecule has 2 rings (SSSR count). The Kier molecular flexibility index (Phi) is 4.56. The Labute approximate surface area is 113 Å². The van der Waals surface area contributed by atoms with Crippen molar-refractivity contribution in [2.24, 2.45) is 5.73 Å². The summed E-state index contributed by atoms with van der Waals surface area (Å²) in [6, 6.07) is 0. The van der Waals surface area contributed by atoms with Crippen molar-refractivity contribution in [1.29, 1.82) is 0 Å². The standard InChI is InChI=1S/C11H20N4O3S/c1-15(8-10-4-2-3-5-18-10)19(16,17)11-9(6-12)7-13-14-11/h7,10H,2-6,8,12H2,1H3,(H,13,14). The number of likely N-dealkylation sites (N-methyl/N-ethyl adjacent to an activating group) is 1. The highest BCUT2D eigenvalue weighted by molar-refractivity contribution is 7.89. The molecule has 19 heavy (non-hydrogen) atoms. The van der Waals surface area contributed by atoms with Crippen molar-refractivity contribution in [1.82, 2.24) is 14.5 Å². The van der Waals surface area contributed by atoms with Crippen LogP contribution in [-0.2, 0) is 21.3 Å². The van der Waals surface area contributed by atoms with Gasteiger partial charge in [-0.2, -0.15) is 9.40 Å². The molecule has 1 aromatic rings. The van der Waals surface area contributed by atoms with Gasteiger partial charge in [-0.05, 0) is 19.3 Å². The van der Waals surface area contributed by atoms with Gasteiger partial charge in [-0.3, -0.25) is 5.10 Å². The van der Waals surface area contributed by atoms with E-state index in [4.69, 9.17) is 10.5 Å². The maximum Gasteiger partial charge on any atom is 0.260 e. The van der Waals surface area contributed by atoms with Crippen LogP contribution in [0.2, 0.25) is 0 Å². The van der Waals surface area contributed by atoms with Crippen LogP contribution in [0.25, 0.3) is 0 Å². The van der Waals surface area contributed by atoms with Gasteiger partial charge in [0, 0.05) is 32.3 Å². The summed E-state index contributed by atoms with van der Waals surface area (Å²) in [6.45, 7) is 1.20. The highest BCUT2D eigenvalue weighted by Gasteiger charge is 2.28. The molecule has 1 atom stereocenters. The molecule has 2 heterocycles. The number of nitrogens with zero attached hydrogens (tertiary/aromatic N) is 2. The van der Waals surface area contributed by atoms with Gasteiger partial charge in [-0.25, -0.2) is 8.42 Å². The minimum Gasteiger partial charge on any atom is -0.377 e. The molecule has 1 unspecified atom stereocenters. The maximum atomic E-state index is 12.4. The Morgan fingerprint density at radius 2 is 2.37 bits per heavy atom. The second-order valence-corrected chi connectivity index (χ2v) is 6.68. The first kappa shape index (κ1) is 14.4. The Morgan fingerprint density at radius 3 is 3.00 bits per heavy atom. The van der Waals surface area contributed by atoms with Crippen molar-refractivity contribution in [2.75, 3.05) is 20.2 Å².